The van der Waals surface area contributed by atoms with Crippen molar-refractivity contribution in [2.24, 2.45) is 5.92 Å². The van der Waals surface area contributed by atoms with Crippen molar-refractivity contribution >= 4 is 17.5 Å². The van der Waals surface area contributed by atoms with Gasteiger partial charge in [-0.2, -0.15) is 0 Å². The number of carbonyl (C=O) groups excluding carboxylic acids is 1. The number of anilines is 2. The van der Waals surface area contributed by atoms with E-state index in [1.165, 1.54) is 18.5 Å². The normalized spacial score (nSPS) is 15.8. The summed E-state index contributed by atoms with van der Waals surface area (Å²) < 4.78 is 40.2. The third kappa shape index (κ3) is 4.45. The Morgan fingerprint density at radius 3 is 2.58 bits per heavy atom. The van der Waals surface area contributed by atoms with Crippen LogP contribution in [0, 0.1) is 23.4 Å². The van der Waals surface area contributed by atoms with Crippen molar-refractivity contribution < 1.29 is 18.0 Å². The number of carbonyl (C=O) groups is 1. The van der Waals surface area contributed by atoms with E-state index in [0.717, 1.165) is 18.6 Å². The summed E-state index contributed by atoms with van der Waals surface area (Å²) in [7, 11) is 0. The zero-order chi connectivity index (χ0) is 22.0. The quantitative estimate of drug-likeness (QED) is 0.652. The van der Waals surface area contributed by atoms with Crippen molar-refractivity contribution in [3.63, 3.8) is 0 Å². The molecular weight excluding hydrogens is 407 g/mol. The van der Waals surface area contributed by atoms with Gasteiger partial charge in [0.05, 0.1) is 11.1 Å². The maximum absolute atomic E-state index is 13.8. The Balaban J connectivity index is 1.45. The summed E-state index contributed by atoms with van der Waals surface area (Å²) in [5.41, 5.74) is 7.23. The molecule has 1 aromatic heterocycles. The molecule has 0 radical (unpaired) electrons. The molecule has 4 rings (SSSR count). The standard InChI is InChI=1S/C22H20F3N5O/c23-15-3-1-14(2-4-15)19-20(26)28-12-29-21(19)30-8-7-13(11-30)10-27-22(31)17-6-5-16(24)9-18(17)25/h1-6,9,12-13H,7-8,10-11H2,(H,27,31)(H2,26,28,29). The molecule has 0 saturated carbocycles. The fourth-order valence-corrected chi connectivity index (χ4v) is 3.72. The van der Waals surface area contributed by atoms with Crippen LogP contribution >= 0.6 is 0 Å². The van der Waals surface area contributed by atoms with Crippen LogP contribution in [0.25, 0.3) is 11.1 Å². The first-order chi connectivity index (χ1) is 14.9. The molecule has 1 aliphatic heterocycles. The topological polar surface area (TPSA) is 84.1 Å². The lowest BCUT2D eigenvalue weighted by Crippen LogP contribution is -2.31. The Kier molecular flexibility index (Phi) is 5.75. The van der Waals surface area contributed by atoms with Gasteiger partial charge in [0.25, 0.3) is 5.91 Å². The van der Waals surface area contributed by atoms with Gasteiger partial charge in [-0.1, -0.05) is 12.1 Å². The molecule has 2 aromatic carbocycles. The SMILES string of the molecule is Nc1ncnc(N2CCC(CNC(=O)c3ccc(F)cc3F)C2)c1-c1ccc(F)cc1. The molecule has 1 unspecified atom stereocenters. The van der Waals surface area contributed by atoms with Gasteiger partial charge >= 0.3 is 0 Å². The van der Waals surface area contributed by atoms with Gasteiger partial charge in [-0.3, -0.25) is 4.79 Å². The fraction of sp³-hybridized carbons (Fsp3) is 0.227. The second-order valence-corrected chi connectivity index (χ2v) is 7.40. The lowest BCUT2D eigenvalue weighted by Gasteiger charge is -2.21. The number of aromatic nitrogens is 2. The van der Waals surface area contributed by atoms with Gasteiger partial charge in [-0.25, -0.2) is 23.1 Å². The van der Waals surface area contributed by atoms with E-state index in [9.17, 15) is 18.0 Å². The number of halogens is 3. The third-order valence-electron chi connectivity index (χ3n) is 5.30. The molecule has 2 heterocycles. The molecule has 6 nitrogen and oxygen atoms in total. The van der Waals surface area contributed by atoms with Crippen LogP contribution in [0.3, 0.4) is 0 Å². The molecule has 1 amide bonds. The number of nitrogens with zero attached hydrogens (tertiary/aromatic N) is 3. The van der Waals surface area contributed by atoms with Gasteiger partial charge in [0.15, 0.2) is 0 Å². The minimum Gasteiger partial charge on any atom is -0.383 e. The highest BCUT2D eigenvalue weighted by Gasteiger charge is 2.27. The first-order valence-corrected chi connectivity index (χ1v) is 9.77. The summed E-state index contributed by atoms with van der Waals surface area (Å²) in [5, 5.41) is 2.71. The monoisotopic (exact) mass is 427 g/mol. The summed E-state index contributed by atoms with van der Waals surface area (Å²) in [5.74, 6) is -1.54. The van der Waals surface area contributed by atoms with Crippen molar-refractivity contribution in [1.82, 2.24) is 15.3 Å². The highest BCUT2D eigenvalue weighted by atomic mass is 19.1. The van der Waals surface area contributed by atoms with Crippen LogP contribution in [0.1, 0.15) is 16.8 Å². The van der Waals surface area contributed by atoms with E-state index in [1.807, 2.05) is 4.90 Å². The van der Waals surface area contributed by atoms with Gasteiger partial charge < -0.3 is 16.0 Å². The zero-order valence-corrected chi connectivity index (χ0v) is 16.5. The number of benzene rings is 2. The van der Waals surface area contributed by atoms with E-state index < -0.39 is 17.5 Å². The second-order valence-electron chi connectivity index (χ2n) is 7.40. The minimum absolute atomic E-state index is 0.102. The third-order valence-corrected chi connectivity index (χ3v) is 5.30. The highest BCUT2D eigenvalue weighted by Crippen LogP contribution is 2.35. The van der Waals surface area contributed by atoms with E-state index in [1.54, 1.807) is 12.1 Å². The minimum atomic E-state index is -0.897. The molecule has 160 valence electrons. The Morgan fingerprint density at radius 1 is 1.10 bits per heavy atom. The van der Waals surface area contributed by atoms with Gasteiger partial charge in [0.2, 0.25) is 0 Å². The van der Waals surface area contributed by atoms with E-state index in [2.05, 4.69) is 15.3 Å². The molecule has 1 fully saturated rings. The Morgan fingerprint density at radius 2 is 1.84 bits per heavy atom. The molecular formula is C22H20F3N5O. The Bertz CT molecular complexity index is 1110. The molecule has 0 bridgehead atoms. The number of nitrogens with one attached hydrogen (secondary N) is 1. The van der Waals surface area contributed by atoms with Crippen LogP contribution in [-0.4, -0.2) is 35.5 Å². The van der Waals surface area contributed by atoms with E-state index in [-0.39, 0.29) is 17.3 Å². The molecule has 1 aliphatic rings. The van der Waals surface area contributed by atoms with Gasteiger partial charge in [0, 0.05) is 25.7 Å². The summed E-state index contributed by atoms with van der Waals surface area (Å²) in [6.45, 7) is 1.60. The van der Waals surface area contributed by atoms with Crippen LogP contribution in [0.4, 0.5) is 24.8 Å². The summed E-state index contributed by atoms with van der Waals surface area (Å²) >= 11 is 0. The summed E-state index contributed by atoms with van der Waals surface area (Å²) in [4.78, 5) is 22.7. The molecule has 1 atom stereocenters. The highest BCUT2D eigenvalue weighted by molar-refractivity contribution is 5.94. The van der Waals surface area contributed by atoms with Gasteiger partial charge in [-0.15, -0.1) is 0 Å². The number of nitrogen functional groups attached to an aromatic ring is 1. The average Bonchev–Trinajstić information content (AvgIpc) is 3.22. The molecule has 3 N–H and O–H groups in total. The van der Waals surface area contributed by atoms with Crippen LogP contribution in [0.5, 0.6) is 0 Å². The first kappa shape index (κ1) is 20.6. The van der Waals surface area contributed by atoms with Crippen molar-refractivity contribution in [3.8, 4) is 11.1 Å². The predicted molar refractivity (Wildman–Crippen MR) is 111 cm³/mol. The predicted octanol–water partition coefficient (Wildman–Crippen LogP) is 3.40. The number of hydrogen-bond acceptors (Lipinski definition) is 5. The van der Waals surface area contributed by atoms with Crippen LogP contribution < -0.4 is 16.0 Å². The summed E-state index contributed by atoms with van der Waals surface area (Å²) in [6, 6.07) is 8.80. The van der Waals surface area contributed by atoms with Crippen LogP contribution in [-0.2, 0) is 0 Å². The van der Waals surface area contributed by atoms with Crippen molar-refractivity contribution in [2.75, 3.05) is 30.3 Å². The Labute approximate surface area is 176 Å². The molecule has 3 aromatic rings. The van der Waals surface area contributed by atoms with E-state index in [0.29, 0.717) is 48.5 Å². The van der Waals surface area contributed by atoms with Crippen molar-refractivity contribution in [3.05, 3.63) is 71.8 Å². The summed E-state index contributed by atoms with van der Waals surface area (Å²) in [6.07, 6.45) is 2.16. The largest absolute Gasteiger partial charge is 0.383 e. The lowest BCUT2D eigenvalue weighted by molar-refractivity contribution is 0.0944. The van der Waals surface area contributed by atoms with Gasteiger partial charge in [0.1, 0.15) is 35.4 Å². The maximum atomic E-state index is 13.8. The van der Waals surface area contributed by atoms with Crippen LogP contribution in [0.2, 0.25) is 0 Å². The van der Waals surface area contributed by atoms with Crippen molar-refractivity contribution in [2.45, 2.75) is 6.42 Å². The van der Waals surface area contributed by atoms with Crippen molar-refractivity contribution in [1.29, 1.82) is 0 Å². The van der Waals surface area contributed by atoms with E-state index >= 15 is 0 Å². The first-order valence-electron chi connectivity index (χ1n) is 9.77. The van der Waals surface area contributed by atoms with Gasteiger partial charge in [-0.05, 0) is 42.2 Å². The maximum Gasteiger partial charge on any atom is 0.254 e. The molecule has 0 aliphatic carbocycles. The smallest absolute Gasteiger partial charge is 0.254 e. The number of hydrogen-bond donors (Lipinski definition) is 2. The average molecular weight is 427 g/mol. The molecule has 31 heavy (non-hydrogen) atoms. The molecule has 1 saturated heterocycles. The van der Waals surface area contributed by atoms with Crippen LogP contribution in [0.15, 0.2) is 48.8 Å². The second kappa shape index (κ2) is 8.63. The Hall–Kier alpha value is -3.62. The number of nitrogens with two attached hydrogens (primary N) is 1. The van der Waals surface area contributed by atoms with E-state index in [4.69, 9.17) is 5.73 Å². The number of amides is 1. The zero-order valence-electron chi connectivity index (χ0n) is 16.5. The fourth-order valence-electron chi connectivity index (χ4n) is 3.72. The molecule has 0 spiro atoms. The number of rotatable bonds is 5. The lowest BCUT2D eigenvalue weighted by atomic mass is 10.1. The molecule has 9 heteroatoms.